The normalized spacial score (nSPS) is 21.0. The van der Waals surface area contributed by atoms with Gasteiger partial charge in [-0.2, -0.15) is 5.10 Å². The Hall–Kier alpha value is -1.07. The number of alkyl halides is 1. The first-order chi connectivity index (χ1) is 10.1. The van der Waals surface area contributed by atoms with E-state index < -0.39 is 0 Å². The maximum atomic E-state index is 6.35. The van der Waals surface area contributed by atoms with E-state index in [9.17, 15) is 0 Å². The summed E-state index contributed by atoms with van der Waals surface area (Å²) >= 11 is 6.35. The Morgan fingerprint density at radius 3 is 2.86 bits per heavy atom. The number of imidazole rings is 1. The number of aromatic nitrogens is 4. The molecule has 1 aliphatic heterocycles. The molecule has 2 aromatic heterocycles. The molecule has 6 heteroatoms. The molecular weight excluding hydrogens is 288 g/mol. The molecule has 0 radical (unpaired) electrons. The third-order valence-corrected chi connectivity index (χ3v) is 4.37. The number of fused-ring (bicyclic) bond motifs is 1. The quantitative estimate of drug-likeness (QED) is 0.815. The van der Waals surface area contributed by atoms with Gasteiger partial charge in [0.15, 0.2) is 5.65 Å². The molecule has 1 aliphatic rings. The second kappa shape index (κ2) is 5.97. The summed E-state index contributed by atoms with van der Waals surface area (Å²) in [7, 11) is 1.98. The molecule has 0 N–H and O–H groups in total. The molecule has 0 aliphatic carbocycles. The molecule has 2 atom stereocenters. The highest BCUT2D eigenvalue weighted by Crippen LogP contribution is 2.28. The van der Waals surface area contributed by atoms with Gasteiger partial charge in [-0.15, -0.1) is 11.6 Å². The van der Waals surface area contributed by atoms with Crippen LogP contribution in [-0.4, -0.2) is 32.0 Å². The largest absolute Gasteiger partial charge is 0.376 e. The summed E-state index contributed by atoms with van der Waals surface area (Å²) in [6.07, 6.45) is 4.64. The molecule has 3 heterocycles. The van der Waals surface area contributed by atoms with Crippen LogP contribution in [0.1, 0.15) is 50.0 Å². The molecule has 116 valence electrons. The van der Waals surface area contributed by atoms with Crippen molar-refractivity contribution in [2.75, 3.05) is 6.61 Å². The third kappa shape index (κ3) is 2.69. The number of nitrogens with zero attached hydrogens (tertiary/aromatic N) is 4. The first kappa shape index (κ1) is 14.9. The van der Waals surface area contributed by atoms with Gasteiger partial charge in [-0.1, -0.05) is 6.92 Å². The smallest absolute Gasteiger partial charge is 0.158 e. The molecular formula is C15H23ClN4O. The fourth-order valence-corrected chi connectivity index (χ4v) is 3.30. The molecule has 0 amide bonds. The standard InChI is InChI=1S/C15H23ClN4O/c1-4-12-13-15(19(3)18-12)20(14(17-13)10(2)16)9-11-7-5-6-8-21-11/h10-11H,4-9H2,1-3H3. The highest BCUT2D eigenvalue weighted by molar-refractivity contribution is 6.20. The van der Waals surface area contributed by atoms with Crippen LogP contribution in [0.2, 0.25) is 0 Å². The van der Waals surface area contributed by atoms with Crippen LogP contribution in [0.5, 0.6) is 0 Å². The number of rotatable bonds is 4. The van der Waals surface area contributed by atoms with E-state index in [2.05, 4.69) is 16.6 Å². The summed E-state index contributed by atoms with van der Waals surface area (Å²) in [6.45, 7) is 5.75. The minimum atomic E-state index is -0.120. The molecule has 3 rings (SSSR count). The van der Waals surface area contributed by atoms with E-state index in [0.717, 1.165) is 48.7 Å². The summed E-state index contributed by atoms with van der Waals surface area (Å²) in [5.41, 5.74) is 3.08. The molecule has 0 saturated carbocycles. The van der Waals surface area contributed by atoms with E-state index in [4.69, 9.17) is 21.3 Å². The lowest BCUT2D eigenvalue weighted by Crippen LogP contribution is -2.26. The molecule has 0 spiro atoms. The predicted octanol–water partition coefficient (Wildman–Crippen LogP) is 3.20. The summed E-state index contributed by atoms with van der Waals surface area (Å²) in [4.78, 5) is 4.76. The van der Waals surface area contributed by atoms with Gasteiger partial charge in [0, 0.05) is 13.7 Å². The highest BCUT2D eigenvalue weighted by Gasteiger charge is 2.24. The van der Waals surface area contributed by atoms with Gasteiger partial charge in [0.1, 0.15) is 11.3 Å². The monoisotopic (exact) mass is 310 g/mol. The number of halogens is 1. The van der Waals surface area contributed by atoms with Crippen molar-refractivity contribution in [1.29, 1.82) is 0 Å². The van der Waals surface area contributed by atoms with E-state index in [1.165, 1.54) is 12.8 Å². The summed E-state index contributed by atoms with van der Waals surface area (Å²) in [5.74, 6) is 0.920. The molecule has 0 bridgehead atoms. The topological polar surface area (TPSA) is 44.9 Å². The predicted molar refractivity (Wildman–Crippen MR) is 83.7 cm³/mol. The number of hydrogen-bond donors (Lipinski definition) is 0. The maximum Gasteiger partial charge on any atom is 0.158 e. The van der Waals surface area contributed by atoms with Crippen LogP contribution in [0, 0.1) is 0 Å². The van der Waals surface area contributed by atoms with Gasteiger partial charge < -0.3 is 9.30 Å². The van der Waals surface area contributed by atoms with E-state index in [0.29, 0.717) is 0 Å². The van der Waals surface area contributed by atoms with Crippen molar-refractivity contribution in [3.8, 4) is 0 Å². The van der Waals surface area contributed by atoms with Crippen molar-refractivity contribution in [1.82, 2.24) is 19.3 Å². The van der Waals surface area contributed by atoms with Gasteiger partial charge >= 0.3 is 0 Å². The van der Waals surface area contributed by atoms with Gasteiger partial charge in [-0.05, 0) is 32.6 Å². The van der Waals surface area contributed by atoms with Crippen LogP contribution in [0.25, 0.3) is 11.2 Å². The first-order valence-corrected chi connectivity index (χ1v) is 8.23. The summed E-state index contributed by atoms with van der Waals surface area (Å²) < 4.78 is 10.0. The van der Waals surface area contributed by atoms with Crippen molar-refractivity contribution >= 4 is 22.8 Å². The SMILES string of the molecule is CCc1nn(C)c2c1nc(C(C)Cl)n2CC1CCCCO1. The first-order valence-electron chi connectivity index (χ1n) is 7.79. The average molecular weight is 311 g/mol. The fourth-order valence-electron chi connectivity index (χ4n) is 3.14. The van der Waals surface area contributed by atoms with Crippen LogP contribution >= 0.6 is 11.6 Å². The van der Waals surface area contributed by atoms with Gasteiger partial charge in [-0.25, -0.2) is 4.98 Å². The Bertz CT molecular complexity index is 625. The number of aryl methyl sites for hydroxylation is 2. The average Bonchev–Trinajstić information content (AvgIpc) is 2.99. The molecule has 2 unspecified atom stereocenters. The summed E-state index contributed by atoms with van der Waals surface area (Å²) in [5, 5.41) is 4.45. The minimum Gasteiger partial charge on any atom is -0.376 e. The van der Waals surface area contributed by atoms with Crippen molar-refractivity contribution in [2.45, 2.75) is 57.6 Å². The van der Waals surface area contributed by atoms with E-state index in [1.54, 1.807) is 0 Å². The van der Waals surface area contributed by atoms with Crippen molar-refractivity contribution in [3.05, 3.63) is 11.5 Å². The maximum absolute atomic E-state index is 6.35. The second-order valence-corrected chi connectivity index (χ2v) is 6.44. The molecule has 1 saturated heterocycles. The molecule has 1 fully saturated rings. The van der Waals surface area contributed by atoms with Gasteiger partial charge in [0.05, 0.1) is 23.7 Å². The minimum absolute atomic E-state index is 0.120. The lowest BCUT2D eigenvalue weighted by Gasteiger charge is -2.24. The zero-order chi connectivity index (χ0) is 15.0. The van der Waals surface area contributed by atoms with Crippen LogP contribution in [0.3, 0.4) is 0 Å². The number of hydrogen-bond acceptors (Lipinski definition) is 3. The Morgan fingerprint density at radius 2 is 2.24 bits per heavy atom. The van der Waals surface area contributed by atoms with Crippen LogP contribution in [0.15, 0.2) is 0 Å². The van der Waals surface area contributed by atoms with Crippen molar-refractivity contribution in [3.63, 3.8) is 0 Å². The van der Waals surface area contributed by atoms with Gasteiger partial charge in [-0.3, -0.25) is 4.68 Å². The molecule has 5 nitrogen and oxygen atoms in total. The van der Waals surface area contributed by atoms with Gasteiger partial charge in [0.2, 0.25) is 0 Å². The number of ether oxygens (including phenoxy) is 1. The zero-order valence-corrected chi connectivity index (χ0v) is 13.7. The highest BCUT2D eigenvalue weighted by atomic mass is 35.5. The van der Waals surface area contributed by atoms with Crippen LogP contribution < -0.4 is 0 Å². The van der Waals surface area contributed by atoms with Crippen LogP contribution in [-0.2, 0) is 24.8 Å². The van der Waals surface area contributed by atoms with E-state index in [-0.39, 0.29) is 11.5 Å². The molecule has 21 heavy (non-hydrogen) atoms. The zero-order valence-electron chi connectivity index (χ0n) is 13.0. The Morgan fingerprint density at radius 1 is 1.43 bits per heavy atom. The molecule has 2 aromatic rings. The van der Waals surface area contributed by atoms with Crippen LogP contribution in [0.4, 0.5) is 0 Å². The second-order valence-electron chi connectivity index (χ2n) is 5.78. The lowest BCUT2D eigenvalue weighted by atomic mass is 10.1. The Kier molecular flexibility index (Phi) is 4.22. The van der Waals surface area contributed by atoms with Crippen molar-refractivity contribution < 1.29 is 4.74 Å². The third-order valence-electron chi connectivity index (χ3n) is 4.17. The summed E-state index contributed by atoms with van der Waals surface area (Å²) in [6, 6.07) is 0. The molecule has 0 aromatic carbocycles. The lowest BCUT2D eigenvalue weighted by molar-refractivity contribution is 0.00602. The van der Waals surface area contributed by atoms with E-state index in [1.807, 2.05) is 18.7 Å². The van der Waals surface area contributed by atoms with Crippen molar-refractivity contribution in [2.24, 2.45) is 7.05 Å². The van der Waals surface area contributed by atoms with Gasteiger partial charge in [0.25, 0.3) is 0 Å². The Balaban J connectivity index is 2.04. The fraction of sp³-hybridized carbons (Fsp3) is 0.733. The van der Waals surface area contributed by atoms with E-state index >= 15 is 0 Å². The Labute approximate surface area is 130 Å².